The Hall–Kier alpha value is -2.08. The summed E-state index contributed by atoms with van der Waals surface area (Å²) in [4.78, 5) is 25.2. The number of nitrogens with one attached hydrogen (secondary N) is 1. The number of amides is 3. The molecular formula is C16H21N3O2S. The largest absolute Gasteiger partial charge is 0.352 e. The molecule has 0 fully saturated rings. The van der Waals surface area contributed by atoms with Crippen molar-refractivity contribution in [3.05, 3.63) is 35.2 Å². The number of likely N-dealkylation sites (N-methyl/N-ethyl adjacent to an activating group) is 1. The number of rotatable bonds is 6. The van der Waals surface area contributed by atoms with Crippen LogP contribution in [0.1, 0.15) is 25.3 Å². The number of hydrogen-bond donors (Lipinski definition) is 2. The first-order valence-electron chi connectivity index (χ1n) is 7.29. The second-order valence-electron chi connectivity index (χ2n) is 5.30. The molecule has 0 radical (unpaired) electrons. The molecule has 0 unspecified atom stereocenters. The lowest BCUT2D eigenvalue weighted by Gasteiger charge is -2.23. The maximum absolute atomic E-state index is 12.5. The molecule has 0 saturated heterocycles. The molecule has 118 valence electrons. The fourth-order valence-electron chi connectivity index (χ4n) is 2.47. The minimum Gasteiger partial charge on any atom is -0.352 e. The molecular weight excluding hydrogens is 298 g/mol. The zero-order valence-electron chi connectivity index (χ0n) is 12.8. The van der Waals surface area contributed by atoms with Gasteiger partial charge in [0, 0.05) is 18.3 Å². The first-order chi connectivity index (χ1) is 10.5. The SMILES string of the molecule is CCC[C@@H](NC(N)=O)C(=O)N(C)Cc1csc2ccccc12. The summed E-state index contributed by atoms with van der Waals surface area (Å²) in [5, 5.41) is 5.77. The van der Waals surface area contributed by atoms with Crippen LogP contribution in [0.5, 0.6) is 0 Å². The van der Waals surface area contributed by atoms with Crippen LogP contribution in [0.25, 0.3) is 10.1 Å². The van der Waals surface area contributed by atoms with Crippen LogP contribution in [0.2, 0.25) is 0 Å². The van der Waals surface area contributed by atoms with E-state index >= 15 is 0 Å². The summed E-state index contributed by atoms with van der Waals surface area (Å²) < 4.78 is 1.21. The van der Waals surface area contributed by atoms with E-state index in [9.17, 15) is 9.59 Å². The highest BCUT2D eigenvalue weighted by molar-refractivity contribution is 7.17. The van der Waals surface area contributed by atoms with Crippen LogP contribution >= 0.6 is 11.3 Å². The number of nitrogens with two attached hydrogens (primary N) is 1. The molecule has 1 heterocycles. The Balaban J connectivity index is 2.11. The molecule has 0 bridgehead atoms. The van der Waals surface area contributed by atoms with Gasteiger partial charge in [0.1, 0.15) is 6.04 Å². The maximum atomic E-state index is 12.5. The number of benzene rings is 1. The van der Waals surface area contributed by atoms with Crippen LogP contribution in [0.3, 0.4) is 0 Å². The molecule has 3 amide bonds. The van der Waals surface area contributed by atoms with Crippen molar-refractivity contribution in [3.63, 3.8) is 0 Å². The van der Waals surface area contributed by atoms with Gasteiger partial charge in [-0.1, -0.05) is 31.5 Å². The zero-order chi connectivity index (χ0) is 16.1. The van der Waals surface area contributed by atoms with Gasteiger partial charge in [0.2, 0.25) is 5.91 Å². The van der Waals surface area contributed by atoms with Gasteiger partial charge in [0.15, 0.2) is 0 Å². The van der Waals surface area contributed by atoms with E-state index in [-0.39, 0.29) is 5.91 Å². The van der Waals surface area contributed by atoms with E-state index < -0.39 is 12.1 Å². The van der Waals surface area contributed by atoms with E-state index in [0.29, 0.717) is 13.0 Å². The van der Waals surface area contributed by atoms with E-state index in [2.05, 4.69) is 22.8 Å². The van der Waals surface area contributed by atoms with E-state index in [1.165, 1.54) is 10.1 Å². The third kappa shape index (κ3) is 3.76. The topological polar surface area (TPSA) is 75.4 Å². The van der Waals surface area contributed by atoms with Gasteiger partial charge in [-0.25, -0.2) is 4.79 Å². The molecule has 0 aliphatic heterocycles. The highest BCUT2D eigenvalue weighted by atomic mass is 32.1. The first-order valence-corrected chi connectivity index (χ1v) is 8.17. The summed E-state index contributed by atoms with van der Waals surface area (Å²) in [6, 6.07) is 6.91. The van der Waals surface area contributed by atoms with Gasteiger partial charge in [-0.15, -0.1) is 11.3 Å². The van der Waals surface area contributed by atoms with Crippen molar-refractivity contribution >= 4 is 33.4 Å². The molecule has 2 aromatic rings. The van der Waals surface area contributed by atoms with E-state index in [4.69, 9.17) is 5.73 Å². The summed E-state index contributed by atoms with van der Waals surface area (Å²) in [7, 11) is 1.75. The van der Waals surface area contributed by atoms with E-state index in [0.717, 1.165) is 12.0 Å². The summed E-state index contributed by atoms with van der Waals surface area (Å²) in [6.07, 6.45) is 1.38. The van der Waals surface area contributed by atoms with Crippen molar-refractivity contribution in [2.45, 2.75) is 32.4 Å². The normalized spacial score (nSPS) is 12.1. The molecule has 0 aliphatic rings. The number of thiophene rings is 1. The van der Waals surface area contributed by atoms with Crippen LogP contribution < -0.4 is 11.1 Å². The van der Waals surface area contributed by atoms with Crippen molar-refractivity contribution < 1.29 is 9.59 Å². The highest BCUT2D eigenvalue weighted by Crippen LogP contribution is 2.26. The molecule has 22 heavy (non-hydrogen) atoms. The number of carbonyl (C=O) groups excluding carboxylic acids is 2. The minimum atomic E-state index is -0.666. The average molecular weight is 319 g/mol. The Morgan fingerprint density at radius 1 is 1.36 bits per heavy atom. The predicted molar refractivity (Wildman–Crippen MR) is 89.7 cm³/mol. The van der Waals surface area contributed by atoms with Crippen LogP contribution in [0.4, 0.5) is 4.79 Å². The van der Waals surface area contributed by atoms with Gasteiger partial charge in [-0.3, -0.25) is 4.79 Å². The van der Waals surface area contributed by atoms with Gasteiger partial charge in [-0.05, 0) is 28.8 Å². The second kappa shape index (κ2) is 7.26. The average Bonchev–Trinajstić information content (AvgIpc) is 2.89. The summed E-state index contributed by atoms with van der Waals surface area (Å²) in [6.45, 7) is 2.48. The lowest BCUT2D eigenvalue weighted by molar-refractivity contribution is -0.132. The van der Waals surface area contributed by atoms with Crippen LogP contribution in [-0.4, -0.2) is 29.9 Å². The molecule has 0 spiro atoms. The fraction of sp³-hybridized carbons (Fsp3) is 0.375. The third-order valence-corrected chi connectivity index (χ3v) is 4.55. The number of fused-ring (bicyclic) bond motifs is 1. The van der Waals surface area contributed by atoms with Gasteiger partial charge in [-0.2, -0.15) is 0 Å². The smallest absolute Gasteiger partial charge is 0.312 e. The second-order valence-corrected chi connectivity index (χ2v) is 6.21. The lowest BCUT2D eigenvalue weighted by atomic mass is 10.1. The van der Waals surface area contributed by atoms with Crippen molar-refractivity contribution in [2.75, 3.05) is 7.05 Å². The number of hydrogen-bond acceptors (Lipinski definition) is 3. The van der Waals surface area contributed by atoms with Gasteiger partial charge >= 0.3 is 6.03 Å². The Morgan fingerprint density at radius 2 is 2.09 bits per heavy atom. The predicted octanol–water partition coefficient (Wildman–Crippen LogP) is 2.70. The molecule has 1 aromatic heterocycles. The van der Waals surface area contributed by atoms with Crippen molar-refractivity contribution in [3.8, 4) is 0 Å². The number of nitrogens with zero attached hydrogens (tertiary/aromatic N) is 1. The molecule has 0 aliphatic carbocycles. The van der Waals surface area contributed by atoms with Gasteiger partial charge in [0.05, 0.1) is 0 Å². The third-order valence-electron chi connectivity index (χ3n) is 3.54. The Labute approximate surface area is 134 Å². The number of primary amides is 1. The Morgan fingerprint density at radius 3 is 2.77 bits per heavy atom. The maximum Gasteiger partial charge on any atom is 0.312 e. The standard InChI is InChI=1S/C16H21N3O2S/c1-3-6-13(18-16(17)21)15(20)19(2)9-11-10-22-14-8-5-4-7-12(11)14/h4-5,7-8,10,13H,3,6,9H2,1-2H3,(H3,17,18,21)/t13-/m1/s1. The lowest BCUT2D eigenvalue weighted by Crippen LogP contribution is -2.48. The van der Waals surface area contributed by atoms with E-state index in [1.807, 2.05) is 19.1 Å². The summed E-state index contributed by atoms with van der Waals surface area (Å²) in [5.74, 6) is -0.115. The summed E-state index contributed by atoms with van der Waals surface area (Å²) >= 11 is 1.67. The van der Waals surface area contributed by atoms with Crippen molar-refractivity contribution in [1.82, 2.24) is 10.2 Å². The molecule has 1 aromatic carbocycles. The van der Waals surface area contributed by atoms with Crippen LogP contribution in [0, 0.1) is 0 Å². The Kier molecular flexibility index (Phi) is 5.38. The minimum absolute atomic E-state index is 0.115. The zero-order valence-corrected chi connectivity index (χ0v) is 13.7. The molecule has 6 heteroatoms. The molecule has 3 N–H and O–H groups in total. The number of carbonyl (C=O) groups is 2. The van der Waals surface area contributed by atoms with Gasteiger partial charge < -0.3 is 16.0 Å². The van der Waals surface area contributed by atoms with Crippen LogP contribution in [0.15, 0.2) is 29.6 Å². The van der Waals surface area contributed by atoms with Gasteiger partial charge in [0.25, 0.3) is 0 Å². The monoisotopic (exact) mass is 319 g/mol. The highest BCUT2D eigenvalue weighted by Gasteiger charge is 2.23. The number of urea groups is 1. The quantitative estimate of drug-likeness (QED) is 0.859. The molecule has 2 rings (SSSR count). The fourth-order valence-corrected chi connectivity index (χ4v) is 3.43. The summed E-state index contributed by atoms with van der Waals surface area (Å²) in [5.41, 5.74) is 6.27. The van der Waals surface area contributed by atoms with Crippen LogP contribution in [-0.2, 0) is 11.3 Å². The molecule has 0 saturated carbocycles. The van der Waals surface area contributed by atoms with Crippen molar-refractivity contribution in [1.29, 1.82) is 0 Å². The van der Waals surface area contributed by atoms with E-state index in [1.54, 1.807) is 23.3 Å². The Bertz CT molecular complexity index is 668. The first kappa shape index (κ1) is 16.3. The van der Waals surface area contributed by atoms with Crippen molar-refractivity contribution in [2.24, 2.45) is 5.73 Å². The molecule has 5 nitrogen and oxygen atoms in total. The molecule has 1 atom stereocenters.